The molecule has 0 unspecified atom stereocenters. The van der Waals surface area contributed by atoms with Crippen molar-refractivity contribution < 1.29 is 14.9 Å². The van der Waals surface area contributed by atoms with Gasteiger partial charge in [-0.3, -0.25) is 0 Å². The van der Waals surface area contributed by atoms with Crippen molar-refractivity contribution >= 4 is 10.9 Å². The smallest absolute Gasteiger partial charge is 0.0944 e. The summed E-state index contributed by atoms with van der Waals surface area (Å²) in [5.41, 5.74) is 7.51. The third-order valence-corrected chi connectivity index (χ3v) is 14.2. The van der Waals surface area contributed by atoms with Crippen molar-refractivity contribution in [3.8, 4) is 0 Å². The number of hydrogen-bond donors (Lipinski definition) is 3. The van der Waals surface area contributed by atoms with Crippen LogP contribution in [-0.4, -0.2) is 38.6 Å². The van der Waals surface area contributed by atoms with E-state index in [0.29, 0.717) is 23.7 Å². The van der Waals surface area contributed by atoms with Crippen LogP contribution < -0.4 is 0 Å². The van der Waals surface area contributed by atoms with E-state index in [9.17, 15) is 10.2 Å². The van der Waals surface area contributed by atoms with E-state index in [1.807, 2.05) is 13.8 Å². The van der Waals surface area contributed by atoms with E-state index >= 15 is 0 Å². The summed E-state index contributed by atoms with van der Waals surface area (Å²) in [5, 5.41) is 25.4. The number of aromatic amines is 1. The molecule has 8 rings (SSSR count). The summed E-state index contributed by atoms with van der Waals surface area (Å²) in [4.78, 5) is 4.02. The van der Waals surface area contributed by atoms with Gasteiger partial charge in [0.1, 0.15) is 0 Å². The minimum atomic E-state index is -0.866. The molecule has 0 bridgehead atoms. The zero-order valence-corrected chi connectivity index (χ0v) is 26.2. The van der Waals surface area contributed by atoms with Crippen LogP contribution in [0, 0.1) is 23.2 Å². The van der Waals surface area contributed by atoms with E-state index in [1.165, 1.54) is 33.3 Å². The van der Waals surface area contributed by atoms with Crippen molar-refractivity contribution in [3.05, 3.63) is 58.3 Å². The lowest BCUT2D eigenvalue weighted by Gasteiger charge is -2.64. The van der Waals surface area contributed by atoms with Gasteiger partial charge < -0.3 is 19.9 Å². The highest BCUT2D eigenvalue weighted by molar-refractivity contribution is 5.92. The Balaban J connectivity index is 1.29. The fourth-order valence-corrected chi connectivity index (χ4v) is 11.5. The molecule has 1 aliphatic heterocycles. The molecule has 3 N–H and O–H groups in total. The highest BCUT2D eigenvalue weighted by Crippen LogP contribution is 2.71. The van der Waals surface area contributed by atoms with E-state index in [4.69, 9.17) is 4.74 Å². The highest BCUT2D eigenvalue weighted by atomic mass is 16.5. The van der Waals surface area contributed by atoms with Gasteiger partial charge in [-0.15, -0.1) is 0 Å². The molecule has 2 heterocycles. The first-order valence-corrected chi connectivity index (χ1v) is 16.3. The predicted octanol–water partition coefficient (Wildman–Crippen LogP) is 7.36. The van der Waals surface area contributed by atoms with Crippen LogP contribution >= 0.6 is 0 Å². The van der Waals surface area contributed by atoms with E-state index in [1.54, 1.807) is 0 Å². The standard InChI is InChI=1S/C37H49NO3/c1-19(2)27-12-10-22-28(41-27)14-15-35(7)36(8)20(13-16-37(22,35)40)17-21-29-26(38-32(21)36)11-9-23-31(29)30-24(33(23,3)4)18-25(30)34(5,6)39/h9-11,20,24-25,27-28,30,38-40H,1,12-18H2,2-8H3/t20-,24-,25-,27-,28-,30-,35+,36+,37+/m0/s1. The van der Waals surface area contributed by atoms with Crippen LogP contribution in [0.5, 0.6) is 0 Å². The third-order valence-electron chi connectivity index (χ3n) is 14.2. The van der Waals surface area contributed by atoms with Crippen LogP contribution in [0.1, 0.15) is 115 Å². The van der Waals surface area contributed by atoms with Crippen molar-refractivity contribution in [2.75, 3.05) is 0 Å². The number of fused-ring (bicyclic) bond motifs is 13. The molecule has 0 spiro atoms. The summed E-state index contributed by atoms with van der Waals surface area (Å²) in [5.74, 6) is 1.80. The number of rotatable bonds is 2. The molecule has 4 heteroatoms. The first-order chi connectivity index (χ1) is 19.1. The lowest BCUT2D eigenvalue weighted by atomic mass is 9.42. The Morgan fingerprint density at radius 3 is 2.59 bits per heavy atom. The number of benzene rings is 1. The van der Waals surface area contributed by atoms with Gasteiger partial charge in [0.05, 0.1) is 23.4 Å². The van der Waals surface area contributed by atoms with Crippen LogP contribution in [0.15, 0.2) is 35.9 Å². The zero-order valence-electron chi connectivity index (χ0n) is 26.2. The van der Waals surface area contributed by atoms with Crippen LogP contribution in [0.3, 0.4) is 0 Å². The maximum atomic E-state index is 12.8. The highest BCUT2D eigenvalue weighted by Gasteiger charge is 2.70. The lowest BCUT2D eigenvalue weighted by Crippen LogP contribution is -2.67. The number of aliphatic hydroxyl groups is 2. The predicted molar refractivity (Wildman–Crippen MR) is 164 cm³/mol. The molecule has 1 aromatic heterocycles. The van der Waals surface area contributed by atoms with Gasteiger partial charge >= 0.3 is 0 Å². The summed E-state index contributed by atoms with van der Waals surface area (Å²) in [6, 6.07) is 4.72. The second-order valence-electron chi connectivity index (χ2n) is 16.5. The molecular weight excluding hydrogens is 506 g/mol. The molecule has 6 aliphatic rings. The Kier molecular flexibility index (Phi) is 5.08. The van der Waals surface area contributed by atoms with Gasteiger partial charge in [0.2, 0.25) is 0 Å². The minimum Gasteiger partial charge on any atom is -0.390 e. The van der Waals surface area contributed by atoms with E-state index < -0.39 is 11.2 Å². The third kappa shape index (κ3) is 2.94. The van der Waals surface area contributed by atoms with Gasteiger partial charge in [-0.05, 0) is 123 Å². The molecule has 1 aromatic carbocycles. The van der Waals surface area contributed by atoms with Gasteiger partial charge in [0.25, 0.3) is 0 Å². The summed E-state index contributed by atoms with van der Waals surface area (Å²) < 4.78 is 6.55. The van der Waals surface area contributed by atoms with E-state index in [-0.39, 0.29) is 28.5 Å². The summed E-state index contributed by atoms with van der Waals surface area (Å²) >= 11 is 0. The molecule has 0 amide bonds. The van der Waals surface area contributed by atoms with Gasteiger partial charge in [0, 0.05) is 27.4 Å². The maximum absolute atomic E-state index is 12.8. The summed E-state index contributed by atoms with van der Waals surface area (Å²) in [7, 11) is 0. The van der Waals surface area contributed by atoms with Crippen LogP contribution in [0.2, 0.25) is 0 Å². The molecule has 4 nitrogen and oxygen atoms in total. The molecular formula is C37H49NO3. The fraction of sp³-hybridized carbons (Fsp3) is 0.676. The van der Waals surface area contributed by atoms with Gasteiger partial charge in [0.15, 0.2) is 0 Å². The molecule has 2 aromatic rings. The molecule has 220 valence electrons. The zero-order chi connectivity index (χ0) is 29.1. The molecule has 0 radical (unpaired) electrons. The van der Waals surface area contributed by atoms with Crippen LogP contribution in [0.4, 0.5) is 0 Å². The first kappa shape index (κ1) is 26.7. The van der Waals surface area contributed by atoms with Crippen molar-refractivity contribution in [2.45, 2.75) is 134 Å². The second-order valence-corrected chi connectivity index (χ2v) is 16.5. The fourth-order valence-electron chi connectivity index (χ4n) is 11.5. The maximum Gasteiger partial charge on any atom is 0.0944 e. The Bertz CT molecular complexity index is 1530. The molecule has 5 aliphatic carbocycles. The van der Waals surface area contributed by atoms with Crippen molar-refractivity contribution in [3.63, 3.8) is 0 Å². The largest absolute Gasteiger partial charge is 0.390 e. The Morgan fingerprint density at radius 2 is 1.88 bits per heavy atom. The average Bonchev–Trinajstić information content (AvgIpc) is 3.43. The summed E-state index contributed by atoms with van der Waals surface area (Å²) in [6.07, 6.45) is 9.10. The van der Waals surface area contributed by atoms with Crippen molar-refractivity contribution in [1.82, 2.24) is 4.98 Å². The van der Waals surface area contributed by atoms with Crippen LogP contribution in [0.25, 0.3) is 10.9 Å². The monoisotopic (exact) mass is 555 g/mol. The van der Waals surface area contributed by atoms with Gasteiger partial charge in [-0.1, -0.05) is 52.0 Å². The number of hydrogen-bond acceptors (Lipinski definition) is 3. The van der Waals surface area contributed by atoms with Crippen LogP contribution in [-0.2, 0) is 22.0 Å². The quantitative estimate of drug-likeness (QED) is 0.339. The SMILES string of the molecule is C=C(C)[C@@H]1CC=C2[C@H](CC[C@@]3(C)[C@@]2(O)CC[C@H]2Cc4c([nH]c5ccc6c(c45)[C@@H]4[C@@H](C(C)(C)O)C[C@@H]4C6(C)C)[C@@]23C)O1. The number of ether oxygens (including phenoxy) is 1. The van der Waals surface area contributed by atoms with Gasteiger partial charge in [-0.2, -0.15) is 0 Å². The number of nitrogens with one attached hydrogen (secondary N) is 1. The number of aromatic nitrogens is 1. The number of H-pyrrole nitrogens is 1. The Labute approximate surface area is 245 Å². The van der Waals surface area contributed by atoms with Gasteiger partial charge in [-0.25, -0.2) is 0 Å². The minimum absolute atomic E-state index is 0.00733. The van der Waals surface area contributed by atoms with Crippen molar-refractivity contribution in [2.24, 2.45) is 23.2 Å². The average molecular weight is 556 g/mol. The Hall–Kier alpha value is -1.88. The molecule has 41 heavy (non-hydrogen) atoms. The lowest BCUT2D eigenvalue weighted by molar-refractivity contribution is -0.179. The molecule has 9 atom stereocenters. The topological polar surface area (TPSA) is 65.5 Å². The molecule has 3 saturated carbocycles. The Morgan fingerprint density at radius 1 is 1.12 bits per heavy atom. The molecule has 3 fully saturated rings. The first-order valence-electron chi connectivity index (χ1n) is 16.3. The normalized spacial score (nSPS) is 43.7. The summed E-state index contributed by atoms with van der Waals surface area (Å²) in [6.45, 7) is 20.0. The molecule has 0 saturated heterocycles. The van der Waals surface area contributed by atoms with E-state index in [0.717, 1.165) is 56.1 Å². The second kappa shape index (κ2) is 7.79. The van der Waals surface area contributed by atoms with E-state index in [2.05, 4.69) is 64.4 Å². The van der Waals surface area contributed by atoms with Crippen molar-refractivity contribution in [1.29, 1.82) is 0 Å².